The highest BCUT2D eigenvalue weighted by atomic mass is 35.5. The summed E-state index contributed by atoms with van der Waals surface area (Å²) in [4.78, 5) is 26.3. The van der Waals surface area contributed by atoms with E-state index in [9.17, 15) is 14.0 Å². The predicted molar refractivity (Wildman–Crippen MR) is 101 cm³/mol. The molecule has 3 rings (SSSR count). The molecule has 0 aromatic heterocycles. The largest absolute Gasteiger partial charge is 0.484 e. The Labute approximate surface area is 162 Å². The number of carbonyl (C=O) groups excluding carboxylic acids is 2. The van der Waals surface area contributed by atoms with E-state index in [1.807, 2.05) is 0 Å². The minimum atomic E-state index is -0.347. The second-order valence-electron chi connectivity index (χ2n) is 6.39. The minimum absolute atomic E-state index is 0.0475. The molecular weight excluding hydrogens is 371 g/mol. The highest BCUT2D eigenvalue weighted by Crippen LogP contribution is 2.20. The van der Waals surface area contributed by atoms with Crippen LogP contribution in [0.1, 0.15) is 12.8 Å². The molecule has 142 valence electrons. The van der Waals surface area contributed by atoms with Gasteiger partial charge in [0.1, 0.15) is 11.6 Å². The van der Waals surface area contributed by atoms with Crippen molar-refractivity contribution in [3.63, 3.8) is 0 Å². The average Bonchev–Trinajstić information content (AvgIpc) is 2.69. The molecule has 5 nitrogen and oxygen atoms in total. The van der Waals surface area contributed by atoms with Crippen LogP contribution in [0.2, 0.25) is 5.02 Å². The van der Waals surface area contributed by atoms with Crippen molar-refractivity contribution < 1.29 is 18.7 Å². The van der Waals surface area contributed by atoms with Crippen molar-refractivity contribution >= 4 is 29.1 Å². The van der Waals surface area contributed by atoms with Gasteiger partial charge in [-0.05, 0) is 61.4 Å². The molecule has 1 N–H and O–H groups in total. The first kappa shape index (κ1) is 19.2. The van der Waals surface area contributed by atoms with E-state index in [0.717, 1.165) is 0 Å². The lowest BCUT2D eigenvalue weighted by Crippen LogP contribution is -2.43. The average molecular weight is 391 g/mol. The summed E-state index contributed by atoms with van der Waals surface area (Å²) in [6.07, 6.45) is 1.17. The van der Waals surface area contributed by atoms with Crippen LogP contribution in [0, 0.1) is 11.7 Å². The molecule has 2 aromatic carbocycles. The number of hydrogen-bond acceptors (Lipinski definition) is 3. The predicted octanol–water partition coefficient (Wildman–Crippen LogP) is 3.74. The van der Waals surface area contributed by atoms with E-state index in [4.69, 9.17) is 16.3 Å². The summed E-state index contributed by atoms with van der Waals surface area (Å²) >= 11 is 5.81. The second-order valence-corrected chi connectivity index (χ2v) is 6.83. The Balaban J connectivity index is 1.43. The first-order valence-electron chi connectivity index (χ1n) is 8.74. The fourth-order valence-corrected chi connectivity index (χ4v) is 3.06. The summed E-state index contributed by atoms with van der Waals surface area (Å²) < 4.78 is 18.4. The van der Waals surface area contributed by atoms with Crippen LogP contribution in [0.25, 0.3) is 0 Å². The van der Waals surface area contributed by atoms with Crippen LogP contribution in [0.4, 0.5) is 10.1 Å². The van der Waals surface area contributed by atoms with E-state index < -0.39 is 0 Å². The number of anilines is 1. The number of nitrogens with one attached hydrogen (secondary N) is 1. The van der Waals surface area contributed by atoms with E-state index in [1.54, 1.807) is 29.2 Å². The number of rotatable bonds is 5. The van der Waals surface area contributed by atoms with Gasteiger partial charge in [0.25, 0.3) is 5.91 Å². The number of nitrogens with zero attached hydrogens (tertiary/aromatic N) is 1. The third-order valence-corrected chi connectivity index (χ3v) is 4.76. The lowest BCUT2D eigenvalue weighted by molar-refractivity contribution is -0.136. The third-order valence-electron chi connectivity index (χ3n) is 4.51. The van der Waals surface area contributed by atoms with Crippen LogP contribution in [-0.2, 0) is 9.59 Å². The summed E-state index contributed by atoms with van der Waals surface area (Å²) in [5, 5.41) is 3.40. The van der Waals surface area contributed by atoms with Crippen molar-refractivity contribution in [3.8, 4) is 5.75 Å². The molecule has 0 unspecified atom stereocenters. The molecule has 0 radical (unpaired) electrons. The smallest absolute Gasteiger partial charge is 0.260 e. The maximum atomic E-state index is 12.9. The Bertz CT molecular complexity index is 788. The summed E-state index contributed by atoms with van der Waals surface area (Å²) in [5.41, 5.74) is 0.566. The van der Waals surface area contributed by atoms with Crippen molar-refractivity contribution in [3.05, 3.63) is 59.4 Å². The van der Waals surface area contributed by atoms with Crippen LogP contribution >= 0.6 is 11.6 Å². The zero-order chi connectivity index (χ0) is 19.2. The fourth-order valence-electron chi connectivity index (χ4n) is 2.94. The van der Waals surface area contributed by atoms with E-state index in [1.165, 1.54) is 24.3 Å². The number of hydrogen-bond donors (Lipinski definition) is 1. The standard InChI is InChI=1S/C20H20ClFN2O3/c21-15-1-7-18(8-2-15)27-13-19(25)24-11-9-14(10-12-24)20(26)23-17-5-3-16(22)4-6-17/h1-8,14H,9-13H2,(H,23,26). The Morgan fingerprint density at radius 1 is 1.07 bits per heavy atom. The normalized spacial score (nSPS) is 14.7. The maximum Gasteiger partial charge on any atom is 0.260 e. The van der Waals surface area contributed by atoms with Crippen molar-refractivity contribution in [1.29, 1.82) is 0 Å². The van der Waals surface area contributed by atoms with Gasteiger partial charge in [0.2, 0.25) is 5.91 Å². The summed E-state index contributed by atoms with van der Waals surface area (Å²) in [5.74, 6) is -0.147. The second kappa shape index (κ2) is 8.86. The highest BCUT2D eigenvalue weighted by Gasteiger charge is 2.27. The Morgan fingerprint density at radius 3 is 2.33 bits per heavy atom. The van der Waals surface area contributed by atoms with Crippen LogP contribution in [0.3, 0.4) is 0 Å². The molecule has 1 heterocycles. The molecule has 1 saturated heterocycles. The SMILES string of the molecule is O=C(Nc1ccc(F)cc1)C1CCN(C(=O)COc2ccc(Cl)cc2)CC1. The number of likely N-dealkylation sites (tertiary alicyclic amines) is 1. The van der Waals surface area contributed by atoms with Crippen molar-refractivity contribution in [2.75, 3.05) is 25.0 Å². The number of piperidine rings is 1. The summed E-state index contributed by atoms with van der Waals surface area (Å²) in [6.45, 7) is 0.961. The van der Waals surface area contributed by atoms with Gasteiger partial charge in [0, 0.05) is 29.7 Å². The van der Waals surface area contributed by atoms with Gasteiger partial charge in [0.05, 0.1) is 0 Å². The molecule has 1 aliphatic heterocycles. The molecule has 1 aliphatic rings. The van der Waals surface area contributed by atoms with Crippen molar-refractivity contribution in [2.24, 2.45) is 5.92 Å². The monoisotopic (exact) mass is 390 g/mol. The Morgan fingerprint density at radius 2 is 1.70 bits per heavy atom. The quantitative estimate of drug-likeness (QED) is 0.846. The Kier molecular flexibility index (Phi) is 6.29. The number of benzene rings is 2. The van der Waals surface area contributed by atoms with Crippen LogP contribution in [0.5, 0.6) is 5.75 Å². The molecule has 0 bridgehead atoms. The minimum Gasteiger partial charge on any atom is -0.484 e. The molecule has 0 saturated carbocycles. The topological polar surface area (TPSA) is 58.6 Å². The van der Waals surface area contributed by atoms with E-state index in [0.29, 0.717) is 42.4 Å². The maximum absolute atomic E-state index is 12.9. The zero-order valence-electron chi connectivity index (χ0n) is 14.7. The van der Waals surface area contributed by atoms with Gasteiger partial charge < -0.3 is 15.0 Å². The van der Waals surface area contributed by atoms with Gasteiger partial charge in [-0.1, -0.05) is 11.6 Å². The first-order valence-corrected chi connectivity index (χ1v) is 9.11. The van der Waals surface area contributed by atoms with Crippen LogP contribution in [0.15, 0.2) is 48.5 Å². The molecule has 0 aliphatic carbocycles. The molecule has 27 heavy (non-hydrogen) atoms. The molecular formula is C20H20ClFN2O3. The van der Waals surface area contributed by atoms with Gasteiger partial charge in [-0.15, -0.1) is 0 Å². The number of halogens is 2. The molecule has 2 amide bonds. The van der Waals surface area contributed by atoms with Gasteiger partial charge in [-0.2, -0.15) is 0 Å². The molecule has 0 atom stereocenters. The highest BCUT2D eigenvalue weighted by molar-refractivity contribution is 6.30. The first-order chi connectivity index (χ1) is 13.0. The molecule has 1 fully saturated rings. The third kappa shape index (κ3) is 5.44. The molecule has 2 aromatic rings. The lowest BCUT2D eigenvalue weighted by atomic mass is 9.95. The van der Waals surface area contributed by atoms with Gasteiger partial charge >= 0.3 is 0 Å². The van der Waals surface area contributed by atoms with Gasteiger partial charge in [-0.3, -0.25) is 9.59 Å². The van der Waals surface area contributed by atoms with E-state index in [-0.39, 0.29) is 30.2 Å². The van der Waals surface area contributed by atoms with E-state index in [2.05, 4.69) is 5.32 Å². The van der Waals surface area contributed by atoms with E-state index >= 15 is 0 Å². The van der Waals surface area contributed by atoms with Crippen molar-refractivity contribution in [2.45, 2.75) is 12.8 Å². The number of amides is 2. The van der Waals surface area contributed by atoms with Gasteiger partial charge in [0.15, 0.2) is 6.61 Å². The molecule has 7 heteroatoms. The number of carbonyl (C=O) groups is 2. The Hall–Kier alpha value is -2.60. The fraction of sp³-hybridized carbons (Fsp3) is 0.300. The molecule has 0 spiro atoms. The number of ether oxygens (including phenoxy) is 1. The van der Waals surface area contributed by atoms with Gasteiger partial charge in [-0.25, -0.2) is 4.39 Å². The zero-order valence-corrected chi connectivity index (χ0v) is 15.4. The van der Waals surface area contributed by atoms with Crippen LogP contribution < -0.4 is 10.1 Å². The van der Waals surface area contributed by atoms with Crippen LogP contribution in [-0.4, -0.2) is 36.4 Å². The lowest BCUT2D eigenvalue weighted by Gasteiger charge is -2.31. The summed E-state index contributed by atoms with van der Waals surface area (Å²) in [6, 6.07) is 12.5. The van der Waals surface area contributed by atoms with Crippen molar-refractivity contribution in [1.82, 2.24) is 4.90 Å². The summed E-state index contributed by atoms with van der Waals surface area (Å²) in [7, 11) is 0.